The fraction of sp³-hybridized carbons (Fsp3) is 0. The van der Waals surface area contributed by atoms with Gasteiger partial charge < -0.3 is 5.73 Å². The third-order valence-electron chi connectivity index (χ3n) is 3.11. The molecule has 0 aliphatic heterocycles. The first-order valence-electron chi connectivity index (χ1n) is 5.92. The monoisotopic (exact) mass is 266 g/mol. The van der Waals surface area contributed by atoms with Crippen LogP contribution in [0, 0.1) is 0 Å². The molecule has 2 N–H and O–H groups in total. The minimum atomic E-state index is 0.736. The first-order chi connectivity index (χ1) is 9.33. The number of nitrogens with zero attached hydrogens (tertiary/aromatic N) is 3. The lowest BCUT2D eigenvalue weighted by atomic mass is 10.2. The van der Waals surface area contributed by atoms with E-state index in [4.69, 9.17) is 5.73 Å². The fourth-order valence-corrected chi connectivity index (χ4v) is 2.99. The molecule has 5 heteroatoms. The number of benzene rings is 2. The lowest BCUT2D eigenvalue weighted by molar-refractivity contribution is 1.23. The maximum absolute atomic E-state index is 5.87. The smallest absolute Gasteiger partial charge is 0.214 e. The Morgan fingerprint density at radius 3 is 2.74 bits per heavy atom. The second-order valence-corrected chi connectivity index (χ2v) is 5.08. The molecule has 0 amide bonds. The van der Waals surface area contributed by atoms with Crippen LogP contribution in [0.15, 0.2) is 48.5 Å². The third kappa shape index (κ3) is 1.52. The van der Waals surface area contributed by atoms with Gasteiger partial charge in [-0.05, 0) is 18.2 Å². The van der Waals surface area contributed by atoms with Crippen LogP contribution in [0.2, 0.25) is 0 Å². The van der Waals surface area contributed by atoms with Gasteiger partial charge in [-0.1, -0.05) is 30.3 Å². The summed E-state index contributed by atoms with van der Waals surface area (Å²) in [7, 11) is 0. The van der Waals surface area contributed by atoms with E-state index in [0.717, 1.165) is 33.1 Å². The Labute approximate surface area is 113 Å². The Hall–Kier alpha value is -2.40. The Morgan fingerprint density at radius 1 is 1.05 bits per heavy atom. The van der Waals surface area contributed by atoms with E-state index in [-0.39, 0.29) is 0 Å². The van der Waals surface area contributed by atoms with Crippen molar-refractivity contribution in [2.24, 2.45) is 0 Å². The molecule has 2 heterocycles. The molecule has 4 aromatic rings. The van der Waals surface area contributed by atoms with E-state index in [2.05, 4.69) is 13.8 Å². The summed E-state index contributed by atoms with van der Waals surface area (Å²) in [6, 6.07) is 15.9. The molecule has 0 aliphatic carbocycles. The van der Waals surface area contributed by atoms with Crippen LogP contribution in [0.5, 0.6) is 0 Å². The highest BCUT2D eigenvalue weighted by atomic mass is 32.1. The second-order valence-electron chi connectivity index (χ2n) is 4.35. The van der Waals surface area contributed by atoms with Gasteiger partial charge in [-0.2, -0.15) is 4.37 Å². The topological polar surface area (TPSA) is 56.2 Å². The summed E-state index contributed by atoms with van der Waals surface area (Å²) in [5.41, 5.74) is 9.64. The number of anilines is 1. The van der Waals surface area contributed by atoms with Crippen LogP contribution < -0.4 is 5.73 Å². The van der Waals surface area contributed by atoms with Crippen LogP contribution in [0.25, 0.3) is 27.4 Å². The summed E-state index contributed by atoms with van der Waals surface area (Å²) in [5.74, 6) is 0.911. The number of nitrogen functional groups attached to an aromatic ring is 1. The van der Waals surface area contributed by atoms with Crippen molar-refractivity contribution in [1.82, 2.24) is 13.8 Å². The van der Waals surface area contributed by atoms with Gasteiger partial charge in [-0.3, -0.25) is 4.40 Å². The summed E-state index contributed by atoms with van der Waals surface area (Å²) >= 11 is 1.40. The van der Waals surface area contributed by atoms with Gasteiger partial charge in [0, 0.05) is 22.8 Å². The number of imidazole rings is 1. The predicted octanol–water partition coefficient (Wildman–Crippen LogP) is 3.19. The van der Waals surface area contributed by atoms with Crippen LogP contribution in [-0.4, -0.2) is 13.8 Å². The zero-order chi connectivity index (χ0) is 12.8. The van der Waals surface area contributed by atoms with E-state index in [1.807, 2.05) is 48.5 Å². The van der Waals surface area contributed by atoms with Crippen molar-refractivity contribution in [2.75, 3.05) is 5.73 Å². The van der Waals surface area contributed by atoms with Gasteiger partial charge in [0.2, 0.25) is 4.96 Å². The van der Waals surface area contributed by atoms with E-state index in [0.29, 0.717) is 0 Å². The van der Waals surface area contributed by atoms with Crippen molar-refractivity contribution in [3.8, 4) is 11.4 Å². The number of aromatic nitrogens is 3. The van der Waals surface area contributed by atoms with Gasteiger partial charge in [0.1, 0.15) is 0 Å². The standard InChI is InChI=1S/C14H10N4S/c15-10-6-7-11-12(8-10)18-13(17-19-14(18)16-11)9-4-2-1-3-5-9/h1-8H,15H2. The summed E-state index contributed by atoms with van der Waals surface area (Å²) < 4.78 is 6.57. The van der Waals surface area contributed by atoms with Crippen molar-refractivity contribution < 1.29 is 0 Å². The van der Waals surface area contributed by atoms with Crippen molar-refractivity contribution in [1.29, 1.82) is 0 Å². The minimum Gasteiger partial charge on any atom is -0.399 e. The molecule has 0 unspecified atom stereocenters. The molecule has 0 atom stereocenters. The molecule has 2 aromatic heterocycles. The lowest BCUT2D eigenvalue weighted by Gasteiger charge is -1.99. The second kappa shape index (κ2) is 3.80. The summed E-state index contributed by atoms with van der Waals surface area (Å²) in [5, 5.41) is 0. The van der Waals surface area contributed by atoms with Crippen LogP contribution >= 0.6 is 11.5 Å². The molecule has 92 valence electrons. The Balaban J connectivity index is 2.12. The fourth-order valence-electron chi connectivity index (χ4n) is 2.23. The van der Waals surface area contributed by atoms with E-state index in [1.165, 1.54) is 11.5 Å². The summed E-state index contributed by atoms with van der Waals surface area (Å²) in [4.78, 5) is 5.45. The highest BCUT2D eigenvalue weighted by molar-refractivity contribution is 7.11. The zero-order valence-corrected chi connectivity index (χ0v) is 10.8. The molecular formula is C14H10N4S. The van der Waals surface area contributed by atoms with Crippen molar-refractivity contribution in [3.63, 3.8) is 0 Å². The van der Waals surface area contributed by atoms with Crippen LogP contribution in [-0.2, 0) is 0 Å². The van der Waals surface area contributed by atoms with Gasteiger partial charge in [0.25, 0.3) is 0 Å². The van der Waals surface area contributed by atoms with E-state index in [1.54, 1.807) is 0 Å². The highest BCUT2D eigenvalue weighted by Crippen LogP contribution is 2.28. The van der Waals surface area contributed by atoms with Gasteiger partial charge in [-0.25, -0.2) is 4.98 Å². The molecule has 0 aliphatic rings. The molecule has 4 nitrogen and oxygen atoms in total. The quantitative estimate of drug-likeness (QED) is 0.538. The van der Waals surface area contributed by atoms with Crippen LogP contribution in [0.1, 0.15) is 0 Å². The lowest BCUT2D eigenvalue weighted by Crippen LogP contribution is -1.89. The van der Waals surface area contributed by atoms with Crippen LogP contribution in [0.3, 0.4) is 0 Å². The highest BCUT2D eigenvalue weighted by Gasteiger charge is 2.13. The molecule has 0 saturated heterocycles. The number of hydrogen-bond donors (Lipinski definition) is 1. The number of hydrogen-bond acceptors (Lipinski definition) is 4. The molecule has 0 fully saturated rings. The van der Waals surface area contributed by atoms with Gasteiger partial charge in [0.05, 0.1) is 11.0 Å². The Morgan fingerprint density at radius 2 is 1.89 bits per heavy atom. The maximum atomic E-state index is 5.87. The maximum Gasteiger partial charge on any atom is 0.214 e. The number of nitrogens with two attached hydrogens (primary N) is 1. The summed E-state index contributed by atoms with van der Waals surface area (Å²) in [6.45, 7) is 0. The molecule has 0 bridgehead atoms. The zero-order valence-electron chi connectivity index (χ0n) is 9.95. The predicted molar refractivity (Wildman–Crippen MR) is 78.2 cm³/mol. The molecule has 0 saturated carbocycles. The molecule has 2 aromatic carbocycles. The van der Waals surface area contributed by atoms with E-state index >= 15 is 0 Å². The molecular weight excluding hydrogens is 256 g/mol. The van der Waals surface area contributed by atoms with E-state index < -0.39 is 0 Å². The Bertz CT molecular complexity index is 876. The van der Waals surface area contributed by atoms with Crippen molar-refractivity contribution in [3.05, 3.63) is 48.5 Å². The SMILES string of the molecule is Nc1ccc2nc3snc(-c4ccccc4)n3c2c1. The number of rotatable bonds is 1. The van der Waals surface area contributed by atoms with E-state index in [9.17, 15) is 0 Å². The summed E-state index contributed by atoms with van der Waals surface area (Å²) in [6.07, 6.45) is 0. The Kier molecular flexibility index (Phi) is 2.10. The third-order valence-corrected chi connectivity index (χ3v) is 3.81. The minimum absolute atomic E-state index is 0.736. The largest absolute Gasteiger partial charge is 0.399 e. The first-order valence-corrected chi connectivity index (χ1v) is 6.69. The molecule has 0 radical (unpaired) electrons. The molecule has 19 heavy (non-hydrogen) atoms. The number of fused-ring (bicyclic) bond motifs is 3. The first kappa shape index (κ1) is 10.5. The van der Waals surface area contributed by atoms with Crippen molar-refractivity contribution >= 4 is 33.2 Å². The molecule has 4 rings (SSSR count). The van der Waals surface area contributed by atoms with Gasteiger partial charge >= 0.3 is 0 Å². The van der Waals surface area contributed by atoms with Crippen LogP contribution in [0.4, 0.5) is 5.69 Å². The van der Waals surface area contributed by atoms with Gasteiger partial charge in [0.15, 0.2) is 5.82 Å². The van der Waals surface area contributed by atoms with Crippen molar-refractivity contribution in [2.45, 2.75) is 0 Å². The van der Waals surface area contributed by atoms with Gasteiger partial charge in [-0.15, -0.1) is 0 Å². The normalized spacial score (nSPS) is 11.4. The average Bonchev–Trinajstić information content (AvgIpc) is 2.99. The average molecular weight is 266 g/mol. The molecule has 0 spiro atoms.